The van der Waals surface area contributed by atoms with Gasteiger partial charge in [0.2, 0.25) is 0 Å². The van der Waals surface area contributed by atoms with Gasteiger partial charge in [-0.2, -0.15) is 0 Å². The molecule has 0 bridgehead atoms. The zero-order valence-corrected chi connectivity index (χ0v) is 14.6. The molecule has 1 unspecified atom stereocenters. The van der Waals surface area contributed by atoms with Gasteiger partial charge in [-0.05, 0) is 42.3 Å². The first-order valence-electron chi connectivity index (χ1n) is 7.28. The van der Waals surface area contributed by atoms with E-state index in [1.807, 2.05) is 30.5 Å². The Morgan fingerprint density at radius 3 is 2.91 bits per heavy atom. The minimum atomic E-state index is -0.916. The summed E-state index contributed by atoms with van der Waals surface area (Å²) in [4.78, 5) is 4.40. The van der Waals surface area contributed by atoms with Gasteiger partial charge in [0.25, 0.3) is 0 Å². The number of hydrogen-bond acceptors (Lipinski definition) is 3. The molecule has 0 aliphatic carbocycles. The van der Waals surface area contributed by atoms with Crippen molar-refractivity contribution in [3.8, 4) is 0 Å². The number of anilines is 1. The van der Waals surface area contributed by atoms with Gasteiger partial charge in [-0.25, -0.2) is 4.98 Å². The summed E-state index contributed by atoms with van der Waals surface area (Å²) in [5, 5.41) is 4.03. The van der Waals surface area contributed by atoms with E-state index in [4.69, 9.17) is 11.6 Å². The molecule has 0 radical (unpaired) electrons. The van der Waals surface area contributed by atoms with Gasteiger partial charge in [0.05, 0.1) is 18.4 Å². The maximum Gasteiger partial charge on any atom is 0.136 e. The highest BCUT2D eigenvalue weighted by molar-refractivity contribution is 7.83. The molecular weight excluding hydrogens is 330 g/mol. The Hall–Kier alpha value is -1.85. The van der Waals surface area contributed by atoms with Crippen LogP contribution in [0.25, 0.3) is 5.65 Å². The fourth-order valence-corrected chi connectivity index (χ4v) is 3.42. The number of benzene rings is 1. The van der Waals surface area contributed by atoms with Crippen LogP contribution in [0.2, 0.25) is 5.02 Å². The third-order valence-electron chi connectivity index (χ3n) is 3.61. The maximum absolute atomic E-state index is 11.4. The number of halogens is 1. The summed E-state index contributed by atoms with van der Waals surface area (Å²) in [5.74, 6) is 0.461. The SMILES string of the molecule is Cc1ccc2ncc(CNc3ccc(Cl)c(CS(C)=O)c3)n2c1. The first-order chi connectivity index (χ1) is 11.0. The number of hydrogen-bond donors (Lipinski definition) is 1. The molecular formula is C17H18ClN3OS. The second kappa shape index (κ2) is 6.72. The average molecular weight is 348 g/mol. The van der Waals surface area contributed by atoms with Crippen molar-refractivity contribution in [3.63, 3.8) is 0 Å². The normalized spacial score (nSPS) is 12.5. The molecule has 120 valence electrons. The molecule has 1 atom stereocenters. The molecule has 2 aromatic heterocycles. The highest BCUT2D eigenvalue weighted by Crippen LogP contribution is 2.22. The molecule has 0 amide bonds. The number of aryl methyl sites for hydroxylation is 1. The summed E-state index contributed by atoms with van der Waals surface area (Å²) in [5.41, 5.74) is 5.06. The molecule has 0 spiro atoms. The summed E-state index contributed by atoms with van der Waals surface area (Å²) in [6.07, 6.45) is 5.63. The minimum Gasteiger partial charge on any atom is -0.379 e. The number of nitrogens with one attached hydrogen (secondary N) is 1. The van der Waals surface area contributed by atoms with E-state index in [1.54, 1.807) is 6.26 Å². The number of rotatable bonds is 5. The van der Waals surface area contributed by atoms with E-state index < -0.39 is 10.8 Å². The third-order valence-corrected chi connectivity index (χ3v) is 4.69. The molecule has 0 aliphatic rings. The van der Waals surface area contributed by atoms with Crippen LogP contribution >= 0.6 is 11.6 Å². The highest BCUT2D eigenvalue weighted by atomic mass is 35.5. The second-order valence-electron chi connectivity index (χ2n) is 5.56. The molecule has 1 N–H and O–H groups in total. The van der Waals surface area contributed by atoms with Crippen LogP contribution < -0.4 is 5.32 Å². The fourth-order valence-electron chi connectivity index (χ4n) is 2.47. The smallest absolute Gasteiger partial charge is 0.136 e. The number of nitrogens with zero attached hydrogens (tertiary/aromatic N) is 2. The van der Waals surface area contributed by atoms with Crippen LogP contribution in [-0.2, 0) is 23.1 Å². The Balaban J connectivity index is 1.79. The first kappa shape index (κ1) is 16.0. The lowest BCUT2D eigenvalue weighted by molar-refractivity contribution is 0.686. The molecule has 1 aromatic carbocycles. The van der Waals surface area contributed by atoms with Gasteiger partial charge < -0.3 is 9.72 Å². The fraction of sp³-hybridized carbons (Fsp3) is 0.235. The van der Waals surface area contributed by atoms with Crippen molar-refractivity contribution >= 4 is 33.7 Å². The summed E-state index contributed by atoms with van der Waals surface area (Å²) in [6.45, 7) is 2.72. The Bertz CT molecular complexity index is 875. The van der Waals surface area contributed by atoms with E-state index >= 15 is 0 Å². The Labute approximate surface area is 143 Å². The number of imidazole rings is 1. The van der Waals surface area contributed by atoms with Crippen molar-refractivity contribution in [1.82, 2.24) is 9.38 Å². The molecule has 6 heteroatoms. The number of fused-ring (bicyclic) bond motifs is 1. The van der Waals surface area contributed by atoms with Gasteiger partial charge in [0.1, 0.15) is 5.65 Å². The molecule has 0 fully saturated rings. The molecule has 3 aromatic rings. The molecule has 3 rings (SSSR count). The Morgan fingerprint density at radius 1 is 1.30 bits per heavy atom. The Morgan fingerprint density at radius 2 is 2.13 bits per heavy atom. The van der Waals surface area contributed by atoms with Gasteiger partial charge in [-0.3, -0.25) is 4.21 Å². The zero-order chi connectivity index (χ0) is 16.4. The van der Waals surface area contributed by atoms with Crippen LogP contribution in [0.4, 0.5) is 5.69 Å². The van der Waals surface area contributed by atoms with Gasteiger partial charge in [-0.15, -0.1) is 0 Å². The van der Waals surface area contributed by atoms with Gasteiger partial charge in [-0.1, -0.05) is 17.7 Å². The van der Waals surface area contributed by atoms with Crippen LogP contribution in [0.15, 0.2) is 42.7 Å². The van der Waals surface area contributed by atoms with Crippen molar-refractivity contribution in [2.24, 2.45) is 0 Å². The molecule has 2 heterocycles. The van der Waals surface area contributed by atoms with Crippen molar-refractivity contribution in [1.29, 1.82) is 0 Å². The standard InChI is InChI=1S/C17H18ClN3OS/c1-12-3-6-17-20-9-15(21(17)10-12)8-19-14-4-5-16(18)13(7-14)11-23(2)22/h3-7,9-10,19H,8,11H2,1-2H3. The van der Waals surface area contributed by atoms with Crippen LogP contribution in [0.3, 0.4) is 0 Å². The van der Waals surface area contributed by atoms with Crippen LogP contribution in [0, 0.1) is 6.92 Å². The molecule has 0 saturated carbocycles. The lowest BCUT2D eigenvalue weighted by atomic mass is 10.2. The van der Waals surface area contributed by atoms with E-state index in [1.165, 1.54) is 5.56 Å². The van der Waals surface area contributed by atoms with Crippen LogP contribution in [0.1, 0.15) is 16.8 Å². The van der Waals surface area contributed by atoms with Gasteiger partial charge >= 0.3 is 0 Å². The van der Waals surface area contributed by atoms with Gasteiger partial charge in [0, 0.05) is 39.7 Å². The molecule has 0 aliphatic heterocycles. The maximum atomic E-state index is 11.4. The zero-order valence-electron chi connectivity index (χ0n) is 13.0. The number of aromatic nitrogens is 2. The summed E-state index contributed by atoms with van der Waals surface area (Å²) in [6, 6.07) is 9.79. The van der Waals surface area contributed by atoms with Gasteiger partial charge in [0.15, 0.2) is 0 Å². The van der Waals surface area contributed by atoms with Crippen molar-refractivity contribution in [2.45, 2.75) is 19.2 Å². The van der Waals surface area contributed by atoms with E-state index in [0.717, 1.165) is 22.6 Å². The van der Waals surface area contributed by atoms with E-state index in [0.29, 0.717) is 17.3 Å². The Kier molecular flexibility index (Phi) is 4.68. The van der Waals surface area contributed by atoms with Crippen LogP contribution in [-0.4, -0.2) is 19.8 Å². The van der Waals surface area contributed by atoms with Crippen molar-refractivity contribution in [3.05, 3.63) is 64.6 Å². The van der Waals surface area contributed by atoms with E-state index in [9.17, 15) is 4.21 Å². The summed E-state index contributed by atoms with van der Waals surface area (Å²) >= 11 is 6.16. The van der Waals surface area contributed by atoms with Crippen molar-refractivity contribution in [2.75, 3.05) is 11.6 Å². The second-order valence-corrected chi connectivity index (χ2v) is 7.40. The minimum absolute atomic E-state index is 0.461. The largest absolute Gasteiger partial charge is 0.379 e. The lowest BCUT2D eigenvalue weighted by Gasteiger charge is -2.10. The monoisotopic (exact) mass is 347 g/mol. The van der Waals surface area contributed by atoms with Crippen molar-refractivity contribution < 1.29 is 4.21 Å². The van der Waals surface area contributed by atoms with E-state index in [-0.39, 0.29) is 0 Å². The topological polar surface area (TPSA) is 46.4 Å². The predicted molar refractivity (Wildman–Crippen MR) is 96.5 cm³/mol. The third kappa shape index (κ3) is 3.74. The summed E-state index contributed by atoms with van der Waals surface area (Å²) in [7, 11) is -0.916. The predicted octanol–water partition coefficient (Wildman–Crippen LogP) is 3.79. The molecule has 23 heavy (non-hydrogen) atoms. The number of pyridine rings is 1. The van der Waals surface area contributed by atoms with Crippen LogP contribution in [0.5, 0.6) is 0 Å². The first-order valence-corrected chi connectivity index (χ1v) is 9.38. The molecule has 0 saturated heterocycles. The van der Waals surface area contributed by atoms with E-state index in [2.05, 4.69) is 33.9 Å². The summed E-state index contributed by atoms with van der Waals surface area (Å²) < 4.78 is 13.5. The lowest BCUT2D eigenvalue weighted by Crippen LogP contribution is -2.04. The quantitative estimate of drug-likeness (QED) is 0.763. The molecule has 4 nitrogen and oxygen atoms in total. The highest BCUT2D eigenvalue weighted by Gasteiger charge is 2.06. The average Bonchev–Trinajstić information content (AvgIpc) is 2.90.